The minimum Gasteiger partial charge on any atom is -0.497 e. The van der Waals surface area contributed by atoms with E-state index in [0.29, 0.717) is 29.7 Å². The van der Waals surface area contributed by atoms with Gasteiger partial charge in [0.25, 0.3) is 0 Å². The summed E-state index contributed by atoms with van der Waals surface area (Å²) in [7, 11) is 1.60. The number of ketones is 1. The predicted molar refractivity (Wildman–Crippen MR) is 90.7 cm³/mol. The van der Waals surface area contributed by atoms with Gasteiger partial charge in [-0.2, -0.15) is 0 Å². The van der Waals surface area contributed by atoms with E-state index in [1.165, 1.54) is 0 Å². The van der Waals surface area contributed by atoms with Crippen LogP contribution in [-0.2, 0) is 9.53 Å². The van der Waals surface area contributed by atoms with Crippen molar-refractivity contribution < 1.29 is 19.1 Å². The number of hydrogen-bond donors (Lipinski definition) is 0. The Morgan fingerprint density at radius 2 is 1.79 bits per heavy atom. The second-order valence-corrected chi connectivity index (χ2v) is 5.66. The standard InChI is InChI=1S/C20H18O4/c1-13-12-15(23-2)8-9-16(13)19-17(21)10-11-18(19)24-20(22)14-6-4-3-5-7-14/h3-9,12H,10-11H2,1-2H3. The van der Waals surface area contributed by atoms with E-state index in [-0.39, 0.29) is 5.78 Å². The van der Waals surface area contributed by atoms with Gasteiger partial charge in [-0.1, -0.05) is 24.3 Å². The lowest BCUT2D eigenvalue weighted by molar-refractivity contribution is -0.113. The number of Topliss-reactive ketones (excluding diaryl/α,β-unsaturated/α-hetero) is 1. The zero-order chi connectivity index (χ0) is 17.1. The summed E-state index contributed by atoms with van der Waals surface area (Å²) in [5, 5.41) is 0. The van der Waals surface area contributed by atoms with Crippen molar-refractivity contribution in [2.24, 2.45) is 0 Å². The van der Waals surface area contributed by atoms with E-state index in [0.717, 1.165) is 16.9 Å². The van der Waals surface area contributed by atoms with Gasteiger partial charge < -0.3 is 9.47 Å². The molecule has 1 aliphatic rings. The molecule has 0 atom stereocenters. The van der Waals surface area contributed by atoms with Crippen LogP contribution in [0.2, 0.25) is 0 Å². The molecule has 0 N–H and O–H groups in total. The maximum Gasteiger partial charge on any atom is 0.343 e. The van der Waals surface area contributed by atoms with Crippen LogP contribution < -0.4 is 4.74 Å². The maximum absolute atomic E-state index is 12.3. The highest BCUT2D eigenvalue weighted by atomic mass is 16.5. The number of aryl methyl sites for hydroxylation is 1. The van der Waals surface area contributed by atoms with Gasteiger partial charge in [0.1, 0.15) is 11.5 Å². The quantitative estimate of drug-likeness (QED) is 0.800. The largest absolute Gasteiger partial charge is 0.497 e. The monoisotopic (exact) mass is 322 g/mol. The van der Waals surface area contributed by atoms with Crippen LogP contribution >= 0.6 is 0 Å². The fourth-order valence-electron chi connectivity index (χ4n) is 2.82. The molecule has 0 heterocycles. The fraction of sp³-hybridized carbons (Fsp3) is 0.200. The molecule has 122 valence electrons. The highest BCUT2D eigenvalue weighted by Gasteiger charge is 2.28. The van der Waals surface area contributed by atoms with Crippen molar-refractivity contribution in [3.8, 4) is 5.75 Å². The molecular formula is C20H18O4. The van der Waals surface area contributed by atoms with Gasteiger partial charge in [-0.05, 0) is 42.3 Å². The number of carbonyl (C=O) groups excluding carboxylic acids is 2. The molecule has 0 saturated carbocycles. The fourth-order valence-corrected chi connectivity index (χ4v) is 2.82. The number of allylic oxidation sites excluding steroid dienone is 2. The van der Waals surface area contributed by atoms with Crippen LogP contribution in [0.25, 0.3) is 5.57 Å². The van der Waals surface area contributed by atoms with Gasteiger partial charge in [-0.3, -0.25) is 4.79 Å². The molecule has 0 aliphatic heterocycles. The zero-order valence-electron chi connectivity index (χ0n) is 13.7. The topological polar surface area (TPSA) is 52.6 Å². The van der Waals surface area contributed by atoms with Gasteiger partial charge >= 0.3 is 5.97 Å². The van der Waals surface area contributed by atoms with E-state index in [1.54, 1.807) is 37.4 Å². The summed E-state index contributed by atoms with van der Waals surface area (Å²) in [5.41, 5.74) is 2.66. The summed E-state index contributed by atoms with van der Waals surface area (Å²) in [6, 6.07) is 14.3. The second-order valence-electron chi connectivity index (χ2n) is 5.66. The molecular weight excluding hydrogens is 304 g/mol. The van der Waals surface area contributed by atoms with Gasteiger partial charge in [0.2, 0.25) is 0 Å². The van der Waals surface area contributed by atoms with Crippen LogP contribution in [-0.4, -0.2) is 18.9 Å². The molecule has 0 aromatic heterocycles. The molecule has 0 spiro atoms. The van der Waals surface area contributed by atoms with Gasteiger partial charge in [0, 0.05) is 12.8 Å². The van der Waals surface area contributed by atoms with Crippen LogP contribution in [0, 0.1) is 6.92 Å². The number of esters is 1. The lowest BCUT2D eigenvalue weighted by atomic mass is 9.99. The van der Waals surface area contributed by atoms with Gasteiger partial charge in [0.15, 0.2) is 5.78 Å². The molecule has 2 aromatic rings. The Morgan fingerprint density at radius 3 is 2.46 bits per heavy atom. The Labute approximate surface area is 140 Å². The average molecular weight is 322 g/mol. The van der Waals surface area contributed by atoms with Crippen molar-refractivity contribution in [1.82, 2.24) is 0 Å². The van der Waals surface area contributed by atoms with Crippen molar-refractivity contribution in [1.29, 1.82) is 0 Å². The average Bonchev–Trinajstić information content (AvgIpc) is 2.96. The summed E-state index contributed by atoms with van der Waals surface area (Å²) in [4.78, 5) is 24.6. The Kier molecular flexibility index (Phi) is 4.47. The van der Waals surface area contributed by atoms with E-state index >= 15 is 0 Å². The Hall–Kier alpha value is -2.88. The first-order valence-corrected chi connectivity index (χ1v) is 7.78. The number of hydrogen-bond acceptors (Lipinski definition) is 4. The number of methoxy groups -OCH3 is 1. The highest BCUT2D eigenvalue weighted by Crippen LogP contribution is 2.35. The van der Waals surface area contributed by atoms with Crippen molar-refractivity contribution in [3.05, 3.63) is 71.0 Å². The third-order valence-electron chi connectivity index (χ3n) is 4.07. The smallest absolute Gasteiger partial charge is 0.343 e. The first kappa shape index (κ1) is 16.0. The summed E-state index contributed by atoms with van der Waals surface area (Å²) in [6.07, 6.45) is 0.802. The highest BCUT2D eigenvalue weighted by molar-refractivity contribution is 6.24. The van der Waals surface area contributed by atoms with Crippen LogP contribution in [0.15, 0.2) is 54.3 Å². The van der Waals surface area contributed by atoms with Crippen LogP contribution in [0.3, 0.4) is 0 Å². The van der Waals surface area contributed by atoms with E-state index in [9.17, 15) is 9.59 Å². The molecule has 3 rings (SSSR count). The molecule has 4 nitrogen and oxygen atoms in total. The number of rotatable bonds is 4. The molecule has 24 heavy (non-hydrogen) atoms. The molecule has 1 aliphatic carbocycles. The normalized spacial score (nSPS) is 14.0. The maximum atomic E-state index is 12.3. The third kappa shape index (κ3) is 3.08. The Balaban J connectivity index is 1.95. The minimum absolute atomic E-state index is 0.000807. The van der Waals surface area contributed by atoms with Crippen LogP contribution in [0.5, 0.6) is 5.75 Å². The molecule has 0 unspecified atom stereocenters. The zero-order valence-corrected chi connectivity index (χ0v) is 13.7. The summed E-state index contributed by atoms with van der Waals surface area (Å²) >= 11 is 0. The summed E-state index contributed by atoms with van der Waals surface area (Å²) in [5.74, 6) is 0.732. The Morgan fingerprint density at radius 1 is 1.04 bits per heavy atom. The van der Waals surface area contributed by atoms with Crippen molar-refractivity contribution in [3.63, 3.8) is 0 Å². The SMILES string of the molecule is COc1ccc(C2=C(OC(=O)c3ccccc3)CCC2=O)c(C)c1. The van der Waals surface area contributed by atoms with E-state index < -0.39 is 5.97 Å². The minimum atomic E-state index is -0.441. The predicted octanol–water partition coefficient (Wildman–Crippen LogP) is 3.93. The van der Waals surface area contributed by atoms with Gasteiger partial charge in [-0.15, -0.1) is 0 Å². The molecule has 0 fully saturated rings. The van der Waals surface area contributed by atoms with Gasteiger partial charge in [-0.25, -0.2) is 4.79 Å². The number of carbonyl (C=O) groups is 2. The molecule has 0 bridgehead atoms. The van der Waals surface area contributed by atoms with E-state index in [1.807, 2.05) is 25.1 Å². The number of benzene rings is 2. The molecule has 0 radical (unpaired) electrons. The van der Waals surface area contributed by atoms with E-state index in [2.05, 4.69) is 0 Å². The molecule has 0 amide bonds. The third-order valence-corrected chi connectivity index (χ3v) is 4.07. The van der Waals surface area contributed by atoms with E-state index in [4.69, 9.17) is 9.47 Å². The summed E-state index contributed by atoms with van der Waals surface area (Å²) < 4.78 is 10.7. The second kappa shape index (κ2) is 6.71. The molecule has 2 aromatic carbocycles. The molecule has 0 saturated heterocycles. The Bertz CT molecular complexity index is 819. The van der Waals surface area contributed by atoms with Crippen LogP contribution in [0.4, 0.5) is 0 Å². The van der Waals surface area contributed by atoms with Gasteiger partial charge in [0.05, 0.1) is 18.2 Å². The molecule has 4 heteroatoms. The van der Waals surface area contributed by atoms with Crippen molar-refractivity contribution in [2.75, 3.05) is 7.11 Å². The van der Waals surface area contributed by atoms with Crippen LogP contribution in [0.1, 0.15) is 34.3 Å². The lowest BCUT2D eigenvalue weighted by Gasteiger charge is -2.11. The lowest BCUT2D eigenvalue weighted by Crippen LogP contribution is -2.06. The number of ether oxygens (including phenoxy) is 2. The summed E-state index contributed by atoms with van der Waals surface area (Å²) in [6.45, 7) is 1.91. The first-order valence-electron chi connectivity index (χ1n) is 7.78. The van der Waals surface area contributed by atoms with Crippen molar-refractivity contribution >= 4 is 17.3 Å². The first-order chi connectivity index (χ1) is 11.6. The van der Waals surface area contributed by atoms with Crippen molar-refractivity contribution in [2.45, 2.75) is 19.8 Å².